The minimum absolute atomic E-state index is 0.0490. The molecule has 0 bridgehead atoms. The monoisotopic (exact) mass is 370 g/mol. The lowest BCUT2D eigenvalue weighted by Gasteiger charge is -2.19. The first-order valence-corrected chi connectivity index (χ1v) is 9.53. The number of hydrogen-bond acceptors (Lipinski definition) is 2. The Morgan fingerprint density at radius 1 is 0.821 bits per heavy atom. The molecule has 2 heteroatoms. The van der Waals surface area contributed by atoms with Crippen LogP contribution in [0.25, 0.3) is 6.08 Å². The number of benzene rings is 3. The van der Waals surface area contributed by atoms with Crippen LogP contribution in [0, 0.1) is 0 Å². The fourth-order valence-electron chi connectivity index (χ4n) is 2.91. The molecule has 0 radical (unpaired) electrons. The molecule has 0 spiro atoms. The molecule has 0 aliphatic rings. The van der Waals surface area contributed by atoms with Crippen LogP contribution in [0.2, 0.25) is 0 Å². The van der Waals surface area contributed by atoms with Crippen molar-refractivity contribution in [1.82, 2.24) is 0 Å². The summed E-state index contributed by atoms with van der Waals surface area (Å²) < 4.78 is 5.84. The standard InChI is InChI=1S/C26H26O2/c1-26(2,3)23-17-15-22(16-18-23)25(27)28-24(21-12-8-5-9-13-21)19-14-20-10-6-4-7-11-20/h4-19,24H,1-3H3/b19-14+. The lowest BCUT2D eigenvalue weighted by molar-refractivity contribution is 0.0393. The minimum atomic E-state index is -0.448. The smallest absolute Gasteiger partial charge is 0.339 e. The van der Waals surface area contributed by atoms with Crippen molar-refractivity contribution in [3.8, 4) is 0 Å². The predicted octanol–water partition coefficient (Wildman–Crippen LogP) is 6.60. The number of carbonyl (C=O) groups is 1. The van der Waals surface area contributed by atoms with Crippen LogP contribution in [0.1, 0.15) is 53.9 Å². The highest BCUT2D eigenvalue weighted by molar-refractivity contribution is 5.89. The maximum Gasteiger partial charge on any atom is 0.339 e. The highest BCUT2D eigenvalue weighted by Crippen LogP contribution is 2.25. The van der Waals surface area contributed by atoms with E-state index in [0.717, 1.165) is 11.1 Å². The number of rotatable bonds is 5. The molecule has 3 rings (SSSR count). The summed E-state index contributed by atoms with van der Waals surface area (Å²) in [4.78, 5) is 12.7. The van der Waals surface area contributed by atoms with E-state index in [2.05, 4.69) is 20.8 Å². The molecule has 0 aliphatic heterocycles. The fourth-order valence-corrected chi connectivity index (χ4v) is 2.91. The Hall–Kier alpha value is -3.13. The lowest BCUT2D eigenvalue weighted by Crippen LogP contribution is -2.13. The number of esters is 1. The van der Waals surface area contributed by atoms with Crippen molar-refractivity contribution in [2.24, 2.45) is 0 Å². The van der Waals surface area contributed by atoms with Crippen LogP contribution >= 0.6 is 0 Å². The van der Waals surface area contributed by atoms with E-state index in [1.165, 1.54) is 5.56 Å². The van der Waals surface area contributed by atoms with Crippen LogP contribution in [-0.2, 0) is 10.2 Å². The Balaban J connectivity index is 1.81. The zero-order chi connectivity index (χ0) is 20.0. The molecule has 0 saturated heterocycles. The molecular formula is C26H26O2. The van der Waals surface area contributed by atoms with Gasteiger partial charge in [-0.2, -0.15) is 0 Å². The highest BCUT2D eigenvalue weighted by Gasteiger charge is 2.18. The van der Waals surface area contributed by atoms with Crippen molar-refractivity contribution in [1.29, 1.82) is 0 Å². The van der Waals surface area contributed by atoms with Crippen molar-refractivity contribution in [2.75, 3.05) is 0 Å². The summed E-state index contributed by atoms with van der Waals surface area (Å²) >= 11 is 0. The number of carbonyl (C=O) groups excluding carboxylic acids is 1. The van der Waals surface area contributed by atoms with Gasteiger partial charge in [0.25, 0.3) is 0 Å². The zero-order valence-electron chi connectivity index (χ0n) is 16.6. The molecule has 0 saturated carbocycles. The van der Waals surface area contributed by atoms with Gasteiger partial charge in [-0.1, -0.05) is 99.6 Å². The van der Waals surface area contributed by atoms with Crippen molar-refractivity contribution in [3.05, 3.63) is 113 Å². The van der Waals surface area contributed by atoms with Gasteiger partial charge in [0.15, 0.2) is 0 Å². The molecule has 1 atom stereocenters. The first kappa shape index (κ1) is 19.6. The Labute approximate surface area is 167 Å². The van der Waals surface area contributed by atoms with E-state index in [0.29, 0.717) is 5.56 Å². The quantitative estimate of drug-likeness (QED) is 0.473. The van der Waals surface area contributed by atoms with Gasteiger partial charge < -0.3 is 4.74 Å². The minimum Gasteiger partial charge on any atom is -0.450 e. The molecular weight excluding hydrogens is 344 g/mol. The fraction of sp³-hybridized carbons (Fsp3) is 0.192. The summed E-state index contributed by atoms with van der Waals surface area (Å²) in [6, 6.07) is 27.4. The van der Waals surface area contributed by atoms with Gasteiger partial charge in [0.2, 0.25) is 0 Å². The van der Waals surface area contributed by atoms with E-state index in [-0.39, 0.29) is 11.4 Å². The van der Waals surface area contributed by atoms with E-state index in [9.17, 15) is 4.79 Å². The summed E-state index contributed by atoms with van der Waals surface area (Å²) in [5.41, 5.74) is 3.80. The second-order valence-corrected chi connectivity index (χ2v) is 7.83. The van der Waals surface area contributed by atoms with Gasteiger partial charge in [-0.3, -0.25) is 0 Å². The van der Waals surface area contributed by atoms with Crippen LogP contribution in [0.5, 0.6) is 0 Å². The maximum atomic E-state index is 12.7. The normalized spacial score (nSPS) is 12.7. The Morgan fingerprint density at radius 3 is 1.96 bits per heavy atom. The zero-order valence-corrected chi connectivity index (χ0v) is 16.6. The Bertz CT molecular complexity index is 918. The van der Waals surface area contributed by atoms with Crippen LogP contribution in [0.4, 0.5) is 0 Å². The van der Waals surface area contributed by atoms with Gasteiger partial charge in [0.05, 0.1) is 5.56 Å². The molecule has 0 aromatic heterocycles. The molecule has 142 valence electrons. The first-order valence-electron chi connectivity index (χ1n) is 9.53. The van der Waals surface area contributed by atoms with E-state index >= 15 is 0 Å². The lowest BCUT2D eigenvalue weighted by atomic mass is 9.87. The van der Waals surface area contributed by atoms with Gasteiger partial charge >= 0.3 is 5.97 Å². The largest absolute Gasteiger partial charge is 0.450 e. The molecule has 2 nitrogen and oxygen atoms in total. The van der Waals surface area contributed by atoms with E-state index in [1.807, 2.05) is 97.1 Å². The Morgan fingerprint density at radius 2 is 1.39 bits per heavy atom. The van der Waals surface area contributed by atoms with Gasteiger partial charge in [-0.05, 0) is 40.3 Å². The second-order valence-electron chi connectivity index (χ2n) is 7.83. The van der Waals surface area contributed by atoms with Crippen LogP contribution < -0.4 is 0 Å². The van der Waals surface area contributed by atoms with Crippen LogP contribution in [0.15, 0.2) is 91.0 Å². The van der Waals surface area contributed by atoms with Gasteiger partial charge in [-0.15, -0.1) is 0 Å². The third kappa shape index (κ3) is 5.20. The van der Waals surface area contributed by atoms with E-state index in [4.69, 9.17) is 4.74 Å². The molecule has 0 fully saturated rings. The van der Waals surface area contributed by atoms with Crippen molar-refractivity contribution >= 4 is 12.0 Å². The summed E-state index contributed by atoms with van der Waals surface area (Å²) in [7, 11) is 0. The summed E-state index contributed by atoms with van der Waals surface area (Å²) in [6.45, 7) is 6.46. The summed E-state index contributed by atoms with van der Waals surface area (Å²) in [5.74, 6) is -0.327. The molecule has 0 N–H and O–H groups in total. The van der Waals surface area contributed by atoms with Crippen LogP contribution in [-0.4, -0.2) is 5.97 Å². The molecule has 0 aliphatic carbocycles. The average molecular weight is 370 g/mol. The van der Waals surface area contributed by atoms with Crippen LogP contribution in [0.3, 0.4) is 0 Å². The molecule has 3 aromatic carbocycles. The average Bonchev–Trinajstić information content (AvgIpc) is 2.72. The topological polar surface area (TPSA) is 26.3 Å². The van der Waals surface area contributed by atoms with Crippen molar-refractivity contribution in [2.45, 2.75) is 32.3 Å². The molecule has 28 heavy (non-hydrogen) atoms. The highest BCUT2D eigenvalue weighted by atomic mass is 16.5. The van der Waals surface area contributed by atoms with Crippen molar-refractivity contribution in [3.63, 3.8) is 0 Å². The van der Waals surface area contributed by atoms with E-state index < -0.39 is 6.10 Å². The molecule has 1 unspecified atom stereocenters. The SMILES string of the molecule is CC(C)(C)c1ccc(C(=O)OC(/C=C/c2ccccc2)c2ccccc2)cc1. The molecule has 0 amide bonds. The van der Waals surface area contributed by atoms with Gasteiger partial charge in [-0.25, -0.2) is 4.79 Å². The third-order valence-electron chi connectivity index (χ3n) is 4.61. The molecule has 0 heterocycles. The van der Waals surface area contributed by atoms with Gasteiger partial charge in [0, 0.05) is 0 Å². The van der Waals surface area contributed by atoms with Gasteiger partial charge in [0.1, 0.15) is 6.10 Å². The van der Waals surface area contributed by atoms with Crippen molar-refractivity contribution < 1.29 is 9.53 Å². The summed E-state index contributed by atoms with van der Waals surface area (Å²) in [5, 5.41) is 0. The first-order chi connectivity index (χ1) is 13.4. The second kappa shape index (κ2) is 8.71. The third-order valence-corrected chi connectivity index (χ3v) is 4.61. The van der Waals surface area contributed by atoms with E-state index in [1.54, 1.807) is 0 Å². The maximum absolute atomic E-state index is 12.7. The Kier molecular flexibility index (Phi) is 6.10. The number of hydrogen-bond donors (Lipinski definition) is 0. The predicted molar refractivity (Wildman–Crippen MR) is 115 cm³/mol. The summed E-state index contributed by atoms with van der Waals surface area (Å²) in [6.07, 6.45) is 3.45. The number of ether oxygens (including phenoxy) is 1. The molecule has 3 aromatic rings.